The summed E-state index contributed by atoms with van der Waals surface area (Å²) in [5.74, 6) is -0.133. The number of aryl methyl sites for hydroxylation is 1. The van der Waals surface area contributed by atoms with Gasteiger partial charge >= 0.3 is 0 Å². The van der Waals surface area contributed by atoms with Gasteiger partial charge in [-0.15, -0.1) is 0 Å². The number of amides is 2. The van der Waals surface area contributed by atoms with Crippen LogP contribution in [-0.4, -0.2) is 36.3 Å². The largest absolute Gasteiger partial charge is 0.355 e. The van der Waals surface area contributed by atoms with Gasteiger partial charge in [-0.1, -0.05) is 37.3 Å². The van der Waals surface area contributed by atoms with E-state index in [1.807, 2.05) is 25.1 Å². The van der Waals surface area contributed by atoms with E-state index in [4.69, 9.17) is 0 Å². The van der Waals surface area contributed by atoms with Crippen molar-refractivity contribution >= 4 is 11.8 Å². The molecule has 0 heterocycles. The molecule has 2 amide bonds. The van der Waals surface area contributed by atoms with Gasteiger partial charge in [0, 0.05) is 20.0 Å². The standard InChI is InChI=1S/C16H24N2O2/c1-3-11-17-16(20)13-18(14(2)19)12-7-10-15-8-5-4-6-9-15/h4-6,8-9H,3,7,10-13H2,1-2H3,(H,17,20). The quantitative estimate of drug-likeness (QED) is 0.789. The Hall–Kier alpha value is -1.84. The summed E-state index contributed by atoms with van der Waals surface area (Å²) in [6, 6.07) is 10.2. The van der Waals surface area contributed by atoms with E-state index >= 15 is 0 Å². The second-order valence-corrected chi connectivity index (χ2v) is 4.88. The molecule has 110 valence electrons. The number of rotatable bonds is 8. The summed E-state index contributed by atoms with van der Waals surface area (Å²) in [7, 11) is 0. The van der Waals surface area contributed by atoms with Crippen molar-refractivity contribution in [2.24, 2.45) is 0 Å². The number of hydrogen-bond donors (Lipinski definition) is 1. The molecule has 0 spiro atoms. The van der Waals surface area contributed by atoms with E-state index in [2.05, 4.69) is 17.4 Å². The first-order chi connectivity index (χ1) is 9.63. The van der Waals surface area contributed by atoms with E-state index in [1.165, 1.54) is 12.5 Å². The van der Waals surface area contributed by atoms with Crippen molar-refractivity contribution in [3.63, 3.8) is 0 Å². The lowest BCUT2D eigenvalue weighted by Crippen LogP contribution is -2.40. The first-order valence-corrected chi connectivity index (χ1v) is 7.19. The molecule has 20 heavy (non-hydrogen) atoms. The van der Waals surface area contributed by atoms with Crippen LogP contribution in [0.3, 0.4) is 0 Å². The lowest BCUT2D eigenvalue weighted by molar-refractivity contribution is -0.134. The van der Waals surface area contributed by atoms with Crippen LogP contribution in [0.5, 0.6) is 0 Å². The maximum Gasteiger partial charge on any atom is 0.239 e. The number of nitrogens with zero attached hydrogens (tertiary/aromatic N) is 1. The smallest absolute Gasteiger partial charge is 0.239 e. The maximum atomic E-state index is 11.6. The van der Waals surface area contributed by atoms with Crippen LogP contribution in [0.15, 0.2) is 30.3 Å². The van der Waals surface area contributed by atoms with Gasteiger partial charge in [0.2, 0.25) is 11.8 Å². The fourth-order valence-electron chi connectivity index (χ4n) is 1.96. The molecule has 0 radical (unpaired) electrons. The highest BCUT2D eigenvalue weighted by Gasteiger charge is 2.12. The van der Waals surface area contributed by atoms with Gasteiger partial charge in [-0.3, -0.25) is 9.59 Å². The van der Waals surface area contributed by atoms with Crippen molar-refractivity contribution in [3.05, 3.63) is 35.9 Å². The molecule has 0 aliphatic heterocycles. The molecule has 0 atom stereocenters. The minimum Gasteiger partial charge on any atom is -0.355 e. The fraction of sp³-hybridized carbons (Fsp3) is 0.500. The molecule has 0 saturated heterocycles. The average molecular weight is 276 g/mol. The van der Waals surface area contributed by atoms with Crippen molar-refractivity contribution in [1.29, 1.82) is 0 Å². The highest BCUT2D eigenvalue weighted by molar-refractivity contribution is 5.83. The van der Waals surface area contributed by atoms with Crippen molar-refractivity contribution in [1.82, 2.24) is 10.2 Å². The zero-order valence-corrected chi connectivity index (χ0v) is 12.4. The Bertz CT molecular complexity index is 418. The molecule has 1 N–H and O–H groups in total. The van der Waals surface area contributed by atoms with Crippen molar-refractivity contribution in [3.8, 4) is 0 Å². The van der Waals surface area contributed by atoms with Crippen LogP contribution in [0.4, 0.5) is 0 Å². The summed E-state index contributed by atoms with van der Waals surface area (Å²) in [6.45, 7) is 4.95. The van der Waals surface area contributed by atoms with Crippen LogP contribution < -0.4 is 5.32 Å². The van der Waals surface area contributed by atoms with Crippen LogP contribution in [0.1, 0.15) is 32.3 Å². The van der Waals surface area contributed by atoms with Gasteiger partial charge in [0.25, 0.3) is 0 Å². The summed E-state index contributed by atoms with van der Waals surface area (Å²) in [4.78, 5) is 24.8. The Morgan fingerprint density at radius 1 is 1.20 bits per heavy atom. The molecule has 1 aromatic carbocycles. The van der Waals surface area contributed by atoms with E-state index in [9.17, 15) is 9.59 Å². The third-order valence-corrected chi connectivity index (χ3v) is 3.09. The predicted octanol–water partition coefficient (Wildman–Crippen LogP) is 1.99. The lowest BCUT2D eigenvalue weighted by Gasteiger charge is -2.20. The van der Waals surface area contributed by atoms with Crippen LogP contribution >= 0.6 is 0 Å². The summed E-state index contributed by atoms with van der Waals surface area (Å²) in [5.41, 5.74) is 1.26. The molecule has 1 aromatic rings. The van der Waals surface area contributed by atoms with E-state index < -0.39 is 0 Å². The summed E-state index contributed by atoms with van der Waals surface area (Å²) in [5, 5.41) is 2.79. The van der Waals surface area contributed by atoms with E-state index in [0.717, 1.165) is 19.3 Å². The molecule has 0 aliphatic carbocycles. The van der Waals surface area contributed by atoms with Gasteiger partial charge in [-0.05, 0) is 24.8 Å². The first-order valence-electron chi connectivity index (χ1n) is 7.19. The van der Waals surface area contributed by atoms with Gasteiger partial charge in [0.1, 0.15) is 0 Å². The minimum absolute atomic E-state index is 0.0512. The first kappa shape index (κ1) is 16.2. The van der Waals surface area contributed by atoms with E-state index in [-0.39, 0.29) is 18.4 Å². The third kappa shape index (κ3) is 6.36. The molecule has 0 unspecified atom stereocenters. The topological polar surface area (TPSA) is 49.4 Å². The Labute approximate surface area is 121 Å². The lowest BCUT2D eigenvalue weighted by atomic mass is 10.1. The number of hydrogen-bond acceptors (Lipinski definition) is 2. The maximum absolute atomic E-state index is 11.6. The molecule has 0 saturated carbocycles. The van der Waals surface area contributed by atoms with Crippen molar-refractivity contribution in [2.75, 3.05) is 19.6 Å². The molecular formula is C16H24N2O2. The normalized spacial score (nSPS) is 10.1. The van der Waals surface area contributed by atoms with E-state index in [1.54, 1.807) is 4.90 Å². The molecular weight excluding hydrogens is 252 g/mol. The van der Waals surface area contributed by atoms with Crippen molar-refractivity contribution < 1.29 is 9.59 Å². The molecule has 0 bridgehead atoms. The number of carbonyl (C=O) groups excluding carboxylic acids is 2. The van der Waals surface area contributed by atoms with Crippen LogP contribution in [0.2, 0.25) is 0 Å². The molecule has 4 heteroatoms. The summed E-state index contributed by atoms with van der Waals surface area (Å²) in [6.07, 6.45) is 2.69. The number of carbonyl (C=O) groups is 2. The SMILES string of the molecule is CCCNC(=O)CN(CCCc1ccccc1)C(C)=O. The van der Waals surface area contributed by atoms with Gasteiger partial charge in [0.05, 0.1) is 6.54 Å². The van der Waals surface area contributed by atoms with Gasteiger partial charge < -0.3 is 10.2 Å². The Balaban J connectivity index is 2.35. The zero-order chi connectivity index (χ0) is 14.8. The van der Waals surface area contributed by atoms with Crippen LogP contribution in [0, 0.1) is 0 Å². The number of nitrogens with one attached hydrogen (secondary N) is 1. The van der Waals surface area contributed by atoms with Crippen LogP contribution in [-0.2, 0) is 16.0 Å². The molecule has 0 aliphatic rings. The summed E-state index contributed by atoms with van der Waals surface area (Å²) >= 11 is 0. The summed E-state index contributed by atoms with van der Waals surface area (Å²) < 4.78 is 0. The second kappa shape index (κ2) is 9.13. The number of benzene rings is 1. The van der Waals surface area contributed by atoms with Crippen molar-refractivity contribution in [2.45, 2.75) is 33.1 Å². The Morgan fingerprint density at radius 3 is 2.50 bits per heavy atom. The molecule has 0 aromatic heterocycles. The zero-order valence-electron chi connectivity index (χ0n) is 12.4. The molecule has 0 fully saturated rings. The monoisotopic (exact) mass is 276 g/mol. The second-order valence-electron chi connectivity index (χ2n) is 4.88. The van der Waals surface area contributed by atoms with Crippen LogP contribution in [0.25, 0.3) is 0 Å². The minimum atomic E-state index is -0.0817. The van der Waals surface area contributed by atoms with Gasteiger partial charge in [-0.25, -0.2) is 0 Å². The fourth-order valence-corrected chi connectivity index (χ4v) is 1.96. The molecule has 1 rings (SSSR count). The Morgan fingerprint density at radius 2 is 1.90 bits per heavy atom. The Kier molecular flexibility index (Phi) is 7.40. The highest BCUT2D eigenvalue weighted by Crippen LogP contribution is 2.03. The van der Waals surface area contributed by atoms with E-state index in [0.29, 0.717) is 13.1 Å². The predicted molar refractivity (Wildman–Crippen MR) is 80.3 cm³/mol. The molecule has 4 nitrogen and oxygen atoms in total. The average Bonchev–Trinajstić information content (AvgIpc) is 2.45. The van der Waals surface area contributed by atoms with Gasteiger partial charge in [-0.2, -0.15) is 0 Å². The third-order valence-electron chi connectivity index (χ3n) is 3.09. The highest BCUT2D eigenvalue weighted by atomic mass is 16.2. The van der Waals surface area contributed by atoms with Gasteiger partial charge in [0.15, 0.2) is 0 Å².